The van der Waals surface area contributed by atoms with E-state index in [2.05, 4.69) is 12.1 Å². The highest BCUT2D eigenvalue weighted by molar-refractivity contribution is 5.96. The Morgan fingerprint density at radius 3 is 2.67 bits per heavy atom. The predicted molar refractivity (Wildman–Crippen MR) is 102 cm³/mol. The topological polar surface area (TPSA) is 66.7 Å². The van der Waals surface area contributed by atoms with Crippen LogP contribution in [0.25, 0.3) is 0 Å². The van der Waals surface area contributed by atoms with E-state index in [4.69, 9.17) is 4.52 Å². The van der Waals surface area contributed by atoms with Crippen LogP contribution in [-0.2, 0) is 17.8 Å². The summed E-state index contributed by atoms with van der Waals surface area (Å²) in [6.45, 7) is 7.31. The van der Waals surface area contributed by atoms with E-state index in [1.807, 2.05) is 42.2 Å². The number of carbonyl (C=O) groups excluding carboxylic acids is 2. The van der Waals surface area contributed by atoms with Crippen LogP contribution in [0, 0.1) is 6.92 Å². The molecule has 1 fully saturated rings. The van der Waals surface area contributed by atoms with Crippen LogP contribution in [0.1, 0.15) is 54.1 Å². The van der Waals surface area contributed by atoms with E-state index in [9.17, 15) is 9.59 Å². The lowest BCUT2D eigenvalue weighted by Crippen LogP contribution is -2.44. The summed E-state index contributed by atoms with van der Waals surface area (Å²) in [5, 5.41) is 4.00. The fourth-order valence-corrected chi connectivity index (χ4v) is 3.64. The van der Waals surface area contributed by atoms with Gasteiger partial charge in [0, 0.05) is 32.1 Å². The summed E-state index contributed by atoms with van der Waals surface area (Å²) < 4.78 is 5.23. The Balaban J connectivity index is 1.82. The molecule has 6 heteroatoms. The fourth-order valence-electron chi connectivity index (χ4n) is 3.64. The molecule has 0 N–H and O–H groups in total. The van der Waals surface area contributed by atoms with E-state index >= 15 is 0 Å². The lowest BCUT2D eigenvalue weighted by Gasteiger charge is -2.31. The van der Waals surface area contributed by atoms with Crippen LogP contribution in [0.4, 0.5) is 0 Å². The summed E-state index contributed by atoms with van der Waals surface area (Å²) in [7, 11) is 0. The molecule has 2 heterocycles. The molecule has 0 spiro atoms. The van der Waals surface area contributed by atoms with Gasteiger partial charge in [-0.15, -0.1) is 0 Å². The Hall–Kier alpha value is -2.63. The van der Waals surface area contributed by atoms with Crippen LogP contribution in [0.3, 0.4) is 0 Å². The second-order valence-electron chi connectivity index (χ2n) is 6.98. The fraction of sp³-hybridized carbons (Fsp3) is 0.476. The molecule has 1 aliphatic heterocycles. The van der Waals surface area contributed by atoms with E-state index in [0.29, 0.717) is 49.5 Å². The molecule has 0 bridgehead atoms. The van der Waals surface area contributed by atoms with E-state index in [0.717, 1.165) is 12.0 Å². The molecule has 6 nitrogen and oxygen atoms in total. The van der Waals surface area contributed by atoms with Gasteiger partial charge in [-0.3, -0.25) is 9.59 Å². The third-order valence-corrected chi connectivity index (χ3v) is 5.22. The number of aromatic nitrogens is 1. The molecule has 1 atom stereocenters. The van der Waals surface area contributed by atoms with Crippen molar-refractivity contribution in [2.45, 2.75) is 52.6 Å². The highest BCUT2D eigenvalue weighted by Crippen LogP contribution is 2.22. The van der Waals surface area contributed by atoms with E-state index in [1.54, 1.807) is 11.8 Å². The maximum absolute atomic E-state index is 13.1. The molecule has 3 rings (SSSR count). The Morgan fingerprint density at radius 2 is 2.00 bits per heavy atom. The van der Waals surface area contributed by atoms with Crippen molar-refractivity contribution in [3.05, 3.63) is 52.9 Å². The van der Waals surface area contributed by atoms with Gasteiger partial charge in [-0.2, -0.15) is 0 Å². The molecule has 27 heavy (non-hydrogen) atoms. The number of benzene rings is 1. The third-order valence-electron chi connectivity index (χ3n) is 5.22. The van der Waals surface area contributed by atoms with Gasteiger partial charge in [-0.05, 0) is 25.3 Å². The molecule has 144 valence electrons. The third kappa shape index (κ3) is 4.04. The predicted octanol–water partition coefficient (Wildman–Crippen LogP) is 3.20. The first-order valence-electron chi connectivity index (χ1n) is 9.62. The number of rotatable bonds is 5. The maximum atomic E-state index is 13.1. The molecule has 1 aliphatic rings. The summed E-state index contributed by atoms with van der Waals surface area (Å²) in [4.78, 5) is 29.6. The average molecular weight is 369 g/mol. The van der Waals surface area contributed by atoms with Crippen molar-refractivity contribution < 1.29 is 14.1 Å². The van der Waals surface area contributed by atoms with Crippen LogP contribution < -0.4 is 0 Å². The van der Waals surface area contributed by atoms with Gasteiger partial charge >= 0.3 is 0 Å². The molecule has 2 amide bonds. The Bertz CT molecular complexity index is 800. The van der Waals surface area contributed by atoms with Crippen LogP contribution in [0.5, 0.6) is 0 Å². The molecule has 1 saturated heterocycles. The second kappa shape index (κ2) is 8.37. The largest absolute Gasteiger partial charge is 0.361 e. The van der Waals surface area contributed by atoms with Crippen molar-refractivity contribution in [3.63, 3.8) is 0 Å². The van der Waals surface area contributed by atoms with Gasteiger partial charge in [0.2, 0.25) is 5.91 Å². The summed E-state index contributed by atoms with van der Waals surface area (Å²) in [5.41, 5.74) is 2.34. The van der Waals surface area contributed by atoms with Crippen molar-refractivity contribution in [2.75, 3.05) is 13.1 Å². The zero-order chi connectivity index (χ0) is 19.4. The molecular weight excluding hydrogens is 342 g/mol. The molecule has 2 aromatic rings. The molecule has 1 aromatic heterocycles. The van der Waals surface area contributed by atoms with Gasteiger partial charge < -0.3 is 14.3 Å². The van der Waals surface area contributed by atoms with Crippen molar-refractivity contribution >= 4 is 11.8 Å². The van der Waals surface area contributed by atoms with E-state index < -0.39 is 0 Å². The van der Waals surface area contributed by atoms with Crippen molar-refractivity contribution in [2.24, 2.45) is 0 Å². The van der Waals surface area contributed by atoms with Gasteiger partial charge in [0.05, 0.1) is 5.69 Å². The maximum Gasteiger partial charge on any atom is 0.259 e. The molecular formula is C21H27N3O3. The lowest BCUT2D eigenvalue weighted by molar-refractivity contribution is -0.133. The molecule has 0 saturated carbocycles. The number of hydrogen-bond acceptors (Lipinski definition) is 4. The minimum Gasteiger partial charge on any atom is -0.361 e. The summed E-state index contributed by atoms with van der Waals surface area (Å²) in [5.74, 6) is 0.554. The number of nitrogens with zero attached hydrogens (tertiary/aromatic N) is 3. The molecule has 0 unspecified atom stereocenters. The zero-order valence-electron chi connectivity index (χ0n) is 16.3. The van der Waals surface area contributed by atoms with Gasteiger partial charge in [0.1, 0.15) is 11.3 Å². The summed E-state index contributed by atoms with van der Waals surface area (Å²) in [6, 6.07) is 9.99. The minimum atomic E-state index is -0.0848. The van der Waals surface area contributed by atoms with Crippen LogP contribution in [0.2, 0.25) is 0 Å². The molecule has 0 radical (unpaired) electrons. The Labute approximate surface area is 160 Å². The summed E-state index contributed by atoms with van der Waals surface area (Å²) in [6.07, 6.45) is 1.77. The van der Waals surface area contributed by atoms with Gasteiger partial charge in [-0.1, -0.05) is 49.3 Å². The van der Waals surface area contributed by atoms with Crippen molar-refractivity contribution in [1.82, 2.24) is 15.0 Å². The first kappa shape index (κ1) is 19.1. The Morgan fingerprint density at radius 1 is 1.26 bits per heavy atom. The lowest BCUT2D eigenvalue weighted by atomic mass is 10.1. The number of aryl methyl sites for hydroxylation is 2. The van der Waals surface area contributed by atoms with Crippen molar-refractivity contribution in [1.29, 1.82) is 0 Å². The zero-order valence-corrected chi connectivity index (χ0v) is 16.3. The van der Waals surface area contributed by atoms with Crippen LogP contribution in [0.15, 0.2) is 34.9 Å². The second-order valence-corrected chi connectivity index (χ2v) is 6.98. The first-order chi connectivity index (χ1) is 13.0. The van der Waals surface area contributed by atoms with Gasteiger partial charge in [-0.25, -0.2) is 0 Å². The molecule has 1 aromatic carbocycles. The Kier molecular flexibility index (Phi) is 5.94. The normalized spacial score (nSPS) is 17.9. The van der Waals surface area contributed by atoms with Crippen LogP contribution in [-0.4, -0.2) is 45.9 Å². The number of amides is 2. The standard InChI is InChI=1S/C21H27N3O3/c1-4-17-14-23(21(26)20-15(3)27-22-18(20)5-2)12-11-19(25)24(17)13-16-9-7-6-8-10-16/h6-10,17H,4-5,11-14H2,1-3H3/t17-/m1/s1. The highest BCUT2D eigenvalue weighted by Gasteiger charge is 2.33. The summed E-state index contributed by atoms with van der Waals surface area (Å²) >= 11 is 0. The monoisotopic (exact) mass is 369 g/mol. The number of carbonyl (C=O) groups is 2. The average Bonchev–Trinajstić information content (AvgIpc) is 2.99. The first-order valence-corrected chi connectivity index (χ1v) is 9.62. The van der Waals surface area contributed by atoms with Crippen LogP contribution >= 0.6 is 0 Å². The van der Waals surface area contributed by atoms with E-state index in [-0.39, 0.29) is 17.9 Å². The van der Waals surface area contributed by atoms with Gasteiger partial charge in [0.25, 0.3) is 5.91 Å². The minimum absolute atomic E-state index is 0.00519. The molecule has 0 aliphatic carbocycles. The van der Waals surface area contributed by atoms with Gasteiger partial charge in [0.15, 0.2) is 0 Å². The van der Waals surface area contributed by atoms with Crippen molar-refractivity contribution in [3.8, 4) is 0 Å². The SMILES string of the molecule is CCc1noc(C)c1C(=O)N1CCC(=O)N(Cc2ccccc2)[C@H](CC)C1. The smallest absolute Gasteiger partial charge is 0.259 e. The quantitative estimate of drug-likeness (QED) is 0.812. The highest BCUT2D eigenvalue weighted by atomic mass is 16.5. The van der Waals surface area contributed by atoms with E-state index in [1.165, 1.54) is 0 Å². The number of hydrogen-bond donors (Lipinski definition) is 0.